The Hall–Kier alpha value is -3.65. The lowest BCUT2D eigenvalue weighted by Gasteiger charge is -2.18. The molecule has 0 aliphatic carbocycles. The van der Waals surface area contributed by atoms with Crippen LogP contribution in [0.15, 0.2) is 41.8 Å². The highest BCUT2D eigenvalue weighted by molar-refractivity contribution is 7.92. The number of aliphatic imine (C=N–C) groups is 1. The molecule has 0 atom stereocenters. The highest BCUT2D eigenvalue weighted by Gasteiger charge is 2.36. The van der Waals surface area contributed by atoms with Crippen LogP contribution in [0.3, 0.4) is 0 Å². The number of nitrogens with one attached hydrogen (secondary N) is 2. The summed E-state index contributed by atoms with van der Waals surface area (Å²) in [6.07, 6.45) is -0.460. The van der Waals surface area contributed by atoms with Crippen LogP contribution in [0.5, 0.6) is 0 Å². The van der Waals surface area contributed by atoms with Crippen molar-refractivity contribution < 1.29 is 26.0 Å². The van der Waals surface area contributed by atoms with Crippen molar-refractivity contribution >= 4 is 45.1 Å². The smallest absolute Gasteiger partial charge is 0.337 e. The minimum atomic E-state index is -4.98. The molecule has 0 radical (unpaired) electrons. The highest BCUT2D eigenvalue weighted by atomic mass is 32.2. The first-order chi connectivity index (χ1) is 16.3. The van der Waals surface area contributed by atoms with Crippen LogP contribution < -0.4 is 14.5 Å². The molecule has 3 heterocycles. The number of hydrogen-bond acceptors (Lipinski definition) is 7. The molecule has 1 aliphatic heterocycles. The summed E-state index contributed by atoms with van der Waals surface area (Å²) in [7, 11) is -1.10. The Morgan fingerprint density at radius 2 is 1.83 bits per heavy atom. The van der Waals surface area contributed by atoms with Crippen molar-refractivity contribution in [3.8, 4) is 11.3 Å². The van der Waals surface area contributed by atoms with Gasteiger partial charge in [-0.05, 0) is 30.7 Å². The molecule has 1 aliphatic rings. The van der Waals surface area contributed by atoms with E-state index in [-0.39, 0.29) is 11.5 Å². The van der Waals surface area contributed by atoms with Crippen molar-refractivity contribution in [2.24, 2.45) is 4.99 Å². The molecule has 4 rings (SSSR count). The second kappa shape index (κ2) is 8.53. The van der Waals surface area contributed by atoms with Gasteiger partial charge in [0.1, 0.15) is 17.8 Å². The van der Waals surface area contributed by atoms with Crippen LogP contribution in [-0.2, 0) is 10.0 Å². The van der Waals surface area contributed by atoms with Gasteiger partial charge in [0.25, 0.3) is 5.82 Å². The van der Waals surface area contributed by atoms with Gasteiger partial charge in [-0.15, -0.1) is 0 Å². The van der Waals surface area contributed by atoms with Gasteiger partial charge < -0.3 is 5.32 Å². The first kappa shape index (κ1) is 24.5. The van der Waals surface area contributed by atoms with Gasteiger partial charge in [-0.3, -0.25) is 4.72 Å². The number of sulfonamides is 1. The SMILES string of the molecule is Cc1ccc(NS(=O)(=O)CC(F)(F)F)c(F)c1Nc1ncccc1-c1ncnc2c1N=C[N+]2(C)C. The van der Waals surface area contributed by atoms with Crippen LogP contribution >= 0.6 is 0 Å². The third kappa shape index (κ3) is 5.07. The Balaban J connectivity index is 1.73. The van der Waals surface area contributed by atoms with E-state index in [1.165, 1.54) is 18.6 Å². The van der Waals surface area contributed by atoms with Gasteiger partial charge in [0.15, 0.2) is 23.6 Å². The zero-order chi connectivity index (χ0) is 25.6. The average molecular weight is 510 g/mol. The van der Waals surface area contributed by atoms with Gasteiger partial charge in [-0.2, -0.15) is 23.1 Å². The Kier molecular flexibility index (Phi) is 5.97. The van der Waals surface area contributed by atoms with E-state index in [0.29, 0.717) is 32.8 Å². The van der Waals surface area contributed by atoms with Crippen LogP contribution in [0.1, 0.15) is 5.56 Å². The third-order valence-corrected chi connectivity index (χ3v) is 6.34. The van der Waals surface area contributed by atoms with E-state index in [1.807, 2.05) is 14.1 Å². The molecule has 14 heteroatoms. The largest absolute Gasteiger partial charge is 0.404 e. The monoisotopic (exact) mass is 510 g/mol. The normalized spacial score (nSPS) is 14.6. The molecule has 0 spiro atoms. The van der Waals surface area contributed by atoms with E-state index in [4.69, 9.17) is 0 Å². The number of nitrogens with zero attached hydrogens (tertiary/aromatic N) is 5. The Bertz CT molecular complexity index is 1440. The van der Waals surface area contributed by atoms with Crippen LogP contribution in [0, 0.1) is 12.7 Å². The molecule has 0 fully saturated rings. The molecule has 0 saturated heterocycles. The molecule has 0 saturated carbocycles. The van der Waals surface area contributed by atoms with Gasteiger partial charge in [0, 0.05) is 11.8 Å². The summed E-state index contributed by atoms with van der Waals surface area (Å²) >= 11 is 0. The fourth-order valence-corrected chi connectivity index (χ4v) is 4.50. The number of hydrogen-bond donors (Lipinski definition) is 2. The minimum absolute atomic E-state index is 0.164. The molecule has 35 heavy (non-hydrogen) atoms. The van der Waals surface area contributed by atoms with Gasteiger partial charge >= 0.3 is 6.18 Å². The van der Waals surface area contributed by atoms with Crippen LogP contribution in [0.2, 0.25) is 0 Å². The van der Waals surface area contributed by atoms with Crippen molar-refractivity contribution in [3.63, 3.8) is 0 Å². The highest BCUT2D eigenvalue weighted by Crippen LogP contribution is 2.42. The topological polar surface area (TPSA) is 109 Å². The number of benzene rings is 1. The fourth-order valence-electron chi connectivity index (χ4n) is 3.50. The average Bonchev–Trinajstić information content (AvgIpc) is 3.07. The van der Waals surface area contributed by atoms with E-state index in [2.05, 4.69) is 25.3 Å². The first-order valence-corrected chi connectivity index (χ1v) is 11.8. The number of aromatic nitrogens is 3. The van der Waals surface area contributed by atoms with E-state index < -0.39 is 33.5 Å². The van der Waals surface area contributed by atoms with Crippen molar-refractivity contribution in [1.82, 2.24) is 19.4 Å². The van der Waals surface area contributed by atoms with E-state index in [9.17, 15) is 21.6 Å². The molecular formula is C21H20F4N7O2S+. The summed E-state index contributed by atoms with van der Waals surface area (Å²) in [6.45, 7) is 1.55. The molecule has 3 aromatic rings. The standard InChI is InChI=1S/C21H20F4N7O2S/c1-12-6-7-14(31-35(33,34)9-21(23,24)25)15(22)16(12)30-19-13(5-4-8-26-19)17-18-20(28-10-27-17)32(2,3)11-29-18/h4-8,10-11,31H,9H2,1-3H3,(H,26,30)/q+1. The summed E-state index contributed by atoms with van der Waals surface area (Å²) in [5.74, 6) is -2.41. The summed E-state index contributed by atoms with van der Waals surface area (Å²) in [4.78, 5) is 17.3. The maximum Gasteiger partial charge on any atom is 0.404 e. The van der Waals surface area contributed by atoms with Gasteiger partial charge in [0.2, 0.25) is 10.0 Å². The quantitative estimate of drug-likeness (QED) is 0.379. The zero-order valence-corrected chi connectivity index (χ0v) is 19.5. The van der Waals surface area contributed by atoms with Crippen LogP contribution in [0.25, 0.3) is 11.3 Å². The predicted molar refractivity (Wildman–Crippen MR) is 125 cm³/mol. The summed E-state index contributed by atoms with van der Waals surface area (Å²) in [6, 6.07) is 5.76. The number of alkyl halides is 3. The lowest BCUT2D eigenvalue weighted by atomic mass is 10.1. The lowest BCUT2D eigenvalue weighted by molar-refractivity contribution is -0.106. The fraction of sp³-hybridized carbons (Fsp3) is 0.238. The molecule has 2 N–H and O–H groups in total. The van der Waals surface area contributed by atoms with Crippen LogP contribution in [0.4, 0.5) is 46.3 Å². The second-order valence-corrected chi connectivity index (χ2v) is 10.0. The van der Waals surface area contributed by atoms with Crippen molar-refractivity contribution in [2.75, 3.05) is 29.9 Å². The minimum Gasteiger partial charge on any atom is -0.337 e. The first-order valence-electron chi connectivity index (χ1n) is 10.1. The van der Waals surface area contributed by atoms with Gasteiger partial charge in [-0.25, -0.2) is 27.3 Å². The second-order valence-electron chi connectivity index (χ2n) is 8.30. The zero-order valence-electron chi connectivity index (χ0n) is 18.7. The summed E-state index contributed by atoms with van der Waals surface area (Å²) < 4.78 is 78.7. The maximum atomic E-state index is 15.3. The number of aryl methyl sites for hydroxylation is 1. The number of quaternary nitrogens is 1. The van der Waals surface area contributed by atoms with Crippen LogP contribution in [-0.4, -0.2) is 55.7 Å². The molecular weight excluding hydrogens is 490 g/mol. The number of rotatable bonds is 6. The Morgan fingerprint density at radius 1 is 1.09 bits per heavy atom. The molecule has 0 unspecified atom stereocenters. The maximum absolute atomic E-state index is 15.3. The molecule has 0 bridgehead atoms. The van der Waals surface area contributed by atoms with E-state index in [0.717, 1.165) is 6.07 Å². The number of anilines is 3. The van der Waals surface area contributed by atoms with Gasteiger partial charge in [0.05, 0.1) is 25.5 Å². The third-order valence-electron chi connectivity index (χ3n) is 5.10. The van der Waals surface area contributed by atoms with Crippen molar-refractivity contribution in [2.45, 2.75) is 13.1 Å². The van der Waals surface area contributed by atoms with Crippen molar-refractivity contribution in [1.29, 1.82) is 0 Å². The van der Waals surface area contributed by atoms with E-state index in [1.54, 1.807) is 30.1 Å². The summed E-state index contributed by atoms with van der Waals surface area (Å²) in [5.41, 5.74) is 0.979. The predicted octanol–water partition coefficient (Wildman–Crippen LogP) is 4.27. The summed E-state index contributed by atoms with van der Waals surface area (Å²) in [5, 5.41) is 2.83. The molecule has 0 amide bonds. The molecule has 9 nitrogen and oxygen atoms in total. The number of halogens is 4. The number of pyridine rings is 1. The van der Waals surface area contributed by atoms with Gasteiger partial charge in [-0.1, -0.05) is 6.07 Å². The molecule has 2 aromatic heterocycles. The number of fused-ring (bicyclic) bond motifs is 1. The Morgan fingerprint density at radius 3 is 2.54 bits per heavy atom. The lowest BCUT2D eigenvalue weighted by Crippen LogP contribution is -2.36. The molecule has 184 valence electrons. The van der Waals surface area contributed by atoms with Crippen molar-refractivity contribution in [3.05, 3.63) is 48.2 Å². The van der Waals surface area contributed by atoms with E-state index >= 15 is 4.39 Å². The Labute approximate surface area is 198 Å². The molecule has 1 aromatic carbocycles.